The number of carbonyl (C=O) groups is 3. The summed E-state index contributed by atoms with van der Waals surface area (Å²) in [5.74, 6) is -2.39. The predicted octanol–water partition coefficient (Wildman–Crippen LogP) is 0.818. The molecule has 0 fully saturated rings. The molecule has 0 spiro atoms. The van der Waals surface area contributed by atoms with Gasteiger partial charge in [0.25, 0.3) is 0 Å². The van der Waals surface area contributed by atoms with Crippen LogP contribution in [0.5, 0.6) is 5.75 Å². The monoisotopic (exact) mass is 315 g/mol. The van der Waals surface area contributed by atoms with Crippen molar-refractivity contribution in [2.24, 2.45) is 5.73 Å². The van der Waals surface area contributed by atoms with E-state index in [1.165, 1.54) is 13.0 Å². The topological polar surface area (TPSA) is 113 Å². The molecule has 0 aliphatic carbocycles. The van der Waals surface area contributed by atoms with E-state index < -0.39 is 17.7 Å². The van der Waals surface area contributed by atoms with E-state index in [-0.39, 0.29) is 18.8 Å². The number of amides is 3. The number of benzene rings is 2. The molecule has 0 aliphatic rings. The largest absolute Gasteiger partial charge is 0.507 e. The lowest BCUT2D eigenvalue weighted by Gasteiger charge is -2.17. The predicted molar refractivity (Wildman–Crippen MR) is 85.7 cm³/mol. The average molecular weight is 315 g/mol. The molecule has 0 unspecified atom stereocenters. The van der Waals surface area contributed by atoms with Gasteiger partial charge in [0.1, 0.15) is 5.75 Å². The number of aromatic hydroxyl groups is 1. The number of phenolic OH excluding ortho intramolecular Hbond substituents is 1. The zero-order valence-corrected chi connectivity index (χ0v) is 12.6. The van der Waals surface area contributed by atoms with E-state index in [1.807, 2.05) is 0 Å². The van der Waals surface area contributed by atoms with Crippen molar-refractivity contribution in [1.82, 2.24) is 4.90 Å². The molecule has 23 heavy (non-hydrogen) atoms. The van der Waals surface area contributed by atoms with E-state index in [0.29, 0.717) is 16.5 Å². The maximum atomic E-state index is 12.1. The first kappa shape index (κ1) is 16.4. The molecule has 0 heterocycles. The second-order valence-electron chi connectivity index (χ2n) is 4.90. The molecule has 7 nitrogen and oxygen atoms in total. The van der Waals surface area contributed by atoms with Gasteiger partial charge in [0.15, 0.2) is 0 Å². The second kappa shape index (κ2) is 6.89. The molecule has 2 rings (SSSR count). The molecule has 2 aromatic carbocycles. The molecule has 0 aromatic heterocycles. The van der Waals surface area contributed by atoms with Crippen LogP contribution >= 0.6 is 0 Å². The van der Waals surface area contributed by atoms with Gasteiger partial charge < -0.3 is 16.2 Å². The van der Waals surface area contributed by atoms with Crippen molar-refractivity contribution >= 4 is 34.2 Å². The van der Waals surface area contributed by atoms with E-state index >= 15 is 0 Å². The first-order valence-electron chi connectivity index (χ1n) is 7.00. The van der Waals surface area contributed by atoms with Crippen LogP contribution in [0.15, 0.2) is 36.4 Å². The highest BCUT2D eigenvalue weighted by Crippen LogP contribution is 2.29. The van der Waals surface area contributed by atoms with Gasteiger partial charge in [0, 0.05) is 36.5 Å². The van der Waals surface area contributed by atoms with Crippen LogP contribution in [0.2, 0.25) is 0 Å². The van der Waals surface area contributed by atoms with Crippen LogP contribution in [0.25, 0.3) is 10.8 Å². The molecular formula is C16H17N3O4. The minimum Gasteiger partial charge on any atom is -0.507 e. The first-order chi connectivity index (χ1) is 11.0. The Morgan fingerprint density at radius 1 is 1.13 bits per heavy atom. The van der Waals surface area contributed by atoms with Gasteiger partial charge in [-0.05, 0) is 12.1 Å². The van der Waals surface area contributed by atoms with Gasteiger partial charge in [-0.15, -0.1) is 0 Å². The lowest BCUT2D eigenvalue weighted by molar-refractivity contribution is -0.149. The van der Waals surface area contributed by atoms with Gasteiger partial charge in [0.05, 0.1) is 0 Å². The number of phenols is 1. The number of fused-ring (bicyclic) bond motifs is 1. The van der Waals surface area contributed by atoms with Crippen LogP contribution in [0.4, 0.5) is 5.69 Å². The number of nitrogens with one attached hydrogen (secondary N) is 1. The molecule has 0 atom stereocenters. The molecule has 0 saturated carbocycles. The normalized spacial score (nSPS) is 10.3. The quantitative estimate of drug-likeness (QED) is 0.726. The second-order valence-corrected chi connectivity index (χ2v) is 4.90. The number of nitrogens with zero attached hydrogens (tertiary/aromatic N) is 1. The highest BCUT2D eigenvalue weighted by molar-refractivity contribution is 6.42. The third-order valence-corrected chi connectivity index (χ3v) is 3.32. The number of imide groups is 1. The molecule has 0 bridgehead atoms. The van der Waals surface area contributed by atoms with Crippen molar-refractivity contribution in [2.45, 2.75) is 6.92 Å². The van der Waals surface area contributed by atoms with Gasteiger partial charge in [-0.3, -0.25) is 19.3 Å². The molecule has 3 amide bonds. The van der Waals surface area contributed by atoms with Gasteiger partial charge in [-0.1, -0.05) is 24.3 Å². The number of hydrogen-bond acceptors (Lipinski definition) is 5. The van der Waals surface area contributed by atoms with Crippen molar-refractivity contribution in [1.29, 1.82) is 0 Å². The van der Waals surface area contributed by atoms with Crippen LogP contribution < -0.4 is 11.1 Å². The number of hydrogen-bond donors (Lipinski definition) is 3. The Hall–Kier alpha value is -2.93. The Kier molecular flexibility index (Phi) is 4.92. The van der Waals surface area contributed by atoms with E-state index in [1.54, 1.807) is 30.3 Å². The summed E-state index contributed by atoms with van der Waals surface area (Å²) in [5.41, 5.74) is 5.71. The summed E-state index contributed by atoms with van der Waals surface area (Å²) in [6, 6.07) is 9.80. The SMILES string of the molecule is CC(=O)N(CCN)C(=O)C(=O)Nc1cccc2c(O)cccc12. The van der Waals surface area contributed by atoms with E-state index in [0.717, 1.165) is 4.90 Å². The molecule has 0 aliphatic heterocycles. The summed E-state index contributed by atoms with van der Waals surface area (Å²) in [6.07, 6.45) is 0. The van der Waals surface area contributed by atoms with Gasteiger partial charge in [0.2, 0.25) is 5.91 Å². The Morgan fingerprint density at radius 3 is 2.43 bits per heavy atom. The van der Waals surface area contributed by atoms with Gasteiger partial charge in [-0.2, -0.15) is 0 Å². The van der Waals surface area contributed by atoms with Crippen LogP contribution in [0.1, 0.15) is 6.92 Å². The summed E-state index contributed by atoms with van der Waals surface area (Å²) >= 11 is 0. The van der Waals surface area contributed by atoms with Crippen molar-refractivity contribution in [2.75, 3.05) is 18.4 Å². The van der Waals surface area contributed by atoms with E-state index in [2.05, 4.69) is 5.32 Å². The molecule has 0 radical (unpaired) electrons. The molecule has 0 saturated heterocycles. The Balaban J connectivity index is 2.28. The van der Waals surface area contributed by atoms with Crippen molar-refractivity contribution in [3.63, 3.8) is 0 Å². The minimum absolute atomic E-state index is 0.0298. The summed E-state index contributed by atoms with van der Waals surface area (Å²) in [4.78, 5) is 36.4. The van der Waals surface area contributed by atoms with Crippen molar-refractivity contribution in [3.8, 4) is 5.75 Å². The fourth-order valence-corrected chi connectivity index (χ4v) is 2.23. The number of anilines is 1. The van der Waals surface area contributed by atoms with Gasteiger partial charge in [-0.25, -0.2) is 0 Å². The molecule has 7 heteroatoms. The van der Waals surface area contributed by atoms with Crippen LogP contribution in [-0.2, 0) is 14.4 Å². The Labute approximate surface area is 132 Å². The minimum atomic E-state index is -0.972. The highest BCUT2D eigenvalue weighted by atomic mass is 16.3. The fourth-order valence-electron chi connectivity index (χ4n) is 2.23. The zero-order valence-electron chi connectivity index (χ0n) is 12.6. The van der Waals surface area contributed by atoms with Gasteiger partial charge >= 0.3 is 11.8 Å². The lowest BCUT2D eigenvalue weighted by atomic mass is 10.1. The smallest absolute Gasteiger partial charge is 0.318 e. The molecule has 120 valence electrons. The summed E-state index contributed by atoms with van der Waals surface area (Å²) < 4.78 is 0. The van der Waals surface area contributed by atoms with E-state index in [4.69, 9.17) is 5.73 Å². The number of nitrogens with two attached hydrogens (primary N) is 1. The highest BCUT2D eigenvalue weighted by Gasteiger charge is 2.25. The summed E-state index contributed by atoms with van der Waals surface area (Å²) in [6.45, 7) is 1.23. The van der Waals surface area contributed by atoms with Crippen molar-refractivity contribution < 1.29 is 19.5 Å². The first-order valence-corrected chi connectivity index (χ1v) is 7.00. The maximum Gasteiger partial charge on any atom is 0.318 e. The Morgan fingerprint density at radius 2 is 1.78 bits per heavy atom. The van der Waals surface area contributed by atoms with Crippen LogP contribution in [0, 0.1) is 0 Å². The average Bonchev–Trinajstić information content (AvgIpc) is 2.52. The van der Waals surface area contributed by atoms with Crippen molar-refractivity contribution in [3.05, 3.63) is 36.4 Å². The lowest BCUT2D eigenvalue weighted by Crippen LogP contribution is -2.44. The third-order valence-electron chi connectivity index (χ3n) is 3.32. The molecule has 2 aromatic rings. The standard InChI is InChI=1S/C16H17N3O4/c1-10(20)19(9-8-17)16(23)15(22)18-13-6-2-5-12-11(13)4-3-7-14(12)21/h2-7,21H,8-9,17H2,1H3,(H,18,22). The summed E-state index contributed by atoms with van der Waals surface area (Å²) in [5, 5.41) is 13.4. The molecular weight excluding hydrogens is 298 g/mol. The Bertz CT molecular complexity index is 773. The van der Waals surface area contributed by atoms with E-state index in [9.17, 15) is 19.5 Å². The number of rotatable bonds is 3. The maximum absolute atomic E-state index is 12.1. The molecule has 4 N–H and O–H groups in total. The fraction of sp³-hybridized carbons (Fsp3) is 0.188. The van der Waals surface area contributed by atoms with Crippen LogP contribution in [-0.4, -0.2) is 40.8 Å². The zero-order chi connectivity index (χ0) is 17.0. The third kappa shape index (κ3) is 3.46. The summed E-state index contributed by atoms with van der Waals surface area (Å²) in [7, 11) is 0. The number of carbonyl (C=O) groups excluding carboxylic acids is 3. The van der Waals surface area contributed by atoms with Crippen LogP contribution in [0.3, 0.4) is 0 Å².